The zero-order chi connectivity index (χ0) is 22.0. The van der Waals surface area contributed by atoms with E-state index < -0.39 is 30.4 Å². The Morgan fingerprint density at radius 1 is 1.00 bits per heavy atom. The van der Waals surface area contributed by atoms with Crippen LogP contribution in [0, 0.1) is 5.82 Å². The molecule has 7 heteroatoms. The number of urea groups is 1. The van der Waals surface area contributed by atoms with Crippen LogP contribution in [-0.2, 0) is 12.0 Å². The quantitative estimate of drug-likeness (QED) is 0.464. The van der Waals surface area contributed by atoms with Crippen molar-refractivity contribution in [3.63, 3.8) is 0 Å². The summed E-state index contributed by atoms with van der Waals surface area (Å²) < 4.78 is 41.6. The molecule has 31 heavy (non-hydrogen) atoms. The minimum atomic E-state index is -2.75. The number of alkyl halides is 2. The van der Waals surface area contributed by atoms with E-state index in [4.69, 9.17) is 11.6 Å². The summed E-state index contributed by atoms with van der Waals surface area (Å²) in [5, 5.41) is 3.20. The zero-order valence-electron chi connectivity index (χ0n) is 16.5. The van der Waals surface area contributed by atoms with Crippen molar-refractivity contribution in [1.29, 1.82) is 0 Å². The Bertz CT molecular complexity index is 1090. The highest BCUT2D eigenvalue weighted by atomic mass is 35.5. The molecule has 3 aromatic rings. The lowest BCUT2D eigenvalue weighted by Gasteiger charge is -2.48. The number of benzene rings is 3. The number of rotatable bonds is 6. The smallest absolute Gasteiger partial charge is 0.307 e. The Kier molecular flexibility index (Phi) is 5.92. The molecule has 160 valence electrons. The predicted octanol–water partition coefficient (Wildman–Crippen LogP) is 6.47. The average molecular weight is 445 g/mol. The van der Waals surface area contributed by atoms with Crippen molar-refractivity contribution in [2.45, 2.75) is 24.8 Å². The number of anilines is 1. The Hall–Kier alpha value is -2.99. The molecule has 1 atom stereocenters. The van der Waals surface area contributed by atoms with E-state index >= 15 is 0 Å². The summed E-state index contributed by atoms with van der Waals surface area (Å²) in [4.78, 5) is 14.1. The van der Waals surface area contributed by atoms with Crippen LogP contribution in [0.3, 0.4) is 0 Å². The minimum Gasteiger partial charge on any atom is -0.307 e. The van der Waals surface area contributed by atoms with Gasteiger partial charge in [-0.05, 0) is 54.3 Å². The van der Waals surface area contributed by atoms with E-state index in [-0.39, 0.29) is 6.42 Å². The van der Waals surface area contributed by atoms with Gasteiger partial charge in [-0.1, -0.05) is 54.1 Å². The Labute approximate surface area is 183 Å². The number of halogens is 4. The summed E-state index contributed by atoms with van der Waals surface area (Å²) in [6, 6.07) is 19.6. The Morgan fingerprint density at radius 2 is 1.77 bits per heavy atom. The fraction of sp³-hybridized carbons (Fsp3) is 0.208. The number of amides is 2. The molecule has 1 unspecified atom stereocenters. The number of carbonyl (C=O) groups is 1. The third-order valence-electron chi connectivity index (χ3n) is 5.61. The van der Waals surface area contributed by atoms with Gasteiger partial charge in [-0.25, -0.2) is 18.0 Å². The van der Waals surface area contributed by atoms with Crippen LogP contribution in [0.1, 0.15) is 23.1 Å². The lowest BCUT2D eigenvalue weighted by Crippen LogP contribution is -2.57. The van der Waals surface area contributed by atoms with Crippen molar-refractivity contribution in [1.82, 2.24) is 4.90 Å². The van der Waals surface area contributed by atoms with Crippen LogP contribution in [0.4, 0.5) is 23.7 Å². The van der Waals surface area contributed by atoms with E-state index in [1.165, 1.54) is 18.2 Å². The van der Waals surface area contributed by atoms with Crippen molar-refractivity contribution in [2.24, 2.45) is 0 Å². The van der Waals surface area contributed by atoms with Gasteiger partial charge in [-0.2, -0.15) is 0 Å². The number of carbonyl (C=O) groups excluding carboxylic acids is 1. The van der Waals surface area contributed by atoms with Gasteiger partial charge in [0, 0.05) is 16.3 Å². The molecule has 4 rings (SSSR count). The predicted molar refractivity (Wildman–Crippen MR) is 115 cm³/mol. The molecular formula is C24H20ClF3N2O. The van der Waals surface area contributed by atoms with E-state index in [2.05, 4.69) is 5.32 Å². The van der Waals surface area contributed by atoms with Gasteiger partial charge < -0.3 is 10.2 Å². The van der Waals surface area contributed by atoms with Crippen LogP contribution in [0.15, 0.2) is 72.8 Å². The molecule has 0 spiro atoms. The van der Waals surface area contributed by atoms with Gasteiger partial charge in [0.1, 0.15) is 5.82 Å². The van der Waals surface area contributed by atoms with Crippen molar-refractivity contribution < 1.29 is 18.0 Å². The van der Waals surface area contributed by atoms with Crippen molar-refractivity contribution in [2.75, 3.05) is 11.9 Å². The molecule has 0 bridgehead atoms. The number of hydrogen-bond donors (Lipinski definition) is 1. The summed E-state index contributed by atoms with van der Waals surface area (Å²) in [6.07, 6.45) is -2.04. The fourth-order valence-corrected chi connectivity index (χ4v) is 4.52. The summed E-state index contributed by atoms with van der Waals surface area (Å²) in [5.41, 5.74) is 1.11. The standard InChI is InChI=1S/C24H20ClF3N2O/c25-18-8-4-5-16(13-18)11-12-24(17-6-2-1-3-7-17)20-14-19(26)9-10-21(20)29-23(31)30(24)15-22(27)28/h1-10,13-14,22H,11-12,15H2,(H,29,31). The summed E-state index contributed by atoms with van der Waals surface area (Å²) in [7, 11) is 0. The zero-order valence-corrected chi connectivity index (χ0v) is 17.3. The van der Waals surface area contributed by atoms with Crippen LogP contribution >= 0.6 is 11.6 Å². The summed E-state index contributed by atoms with van der Waals surface area (Å²) >= 11 is 6.12. The molecule has 0 radical (unpaired) electrons. The molecule has 0 saturated carbocycles. The minimum absolute atomic E-state index is 0.272. The monoisotopic (exact) mass is 444 g/mol. The lowest BCUT2D eigenvalue weighted by molar-refractivity contribution is 0.0556. The largest absolute Gasteiger partial charge is 0.323 e. The second-order valence-electron chi connectivity index (χ2n) is 7.48. The number of aryl methyl sites for hydroxylation is 1. The van der Waals surface area contributed by atoms with E-state index in [0.717, 1.165) is 10.5 Å². The molecule has 3 aromatic carbocycles. The molecule has 0 aromatic heterocycles. The van der Waals surface area contributed by atoms with Crippen molar-refractivity contribution >= 4 is 23.3 Å². The first-order valence-electron chi connectivity index (χ1n) is 9.87. The molecule has 3 nitrogen and oxygen atoms in total. The second-order valence-corrected chi connectivity index (χ2v) is 7.91. The molecule has 1 aliphatic rings. The normalized spacial score (nSPS) is 18.1. The van der Waals surface area contributed by atoms with Gasteiger partial charge in [0.25, 0.3) is 6.43 Å². The van der Waals surface area contributed by atoms with Crippen LogP contribution in [0.2, 0.25) is 5.02 Å². The number of nitrogens with zero attached hydrogens (tertiary/aromatic N) is 1. The topological polar surface area (TPSA) is 32.3 Å². The van der Waals surface area contributed by atoms with Crippen molar-refractivity contribution in [3.05, 3.63) is 100 Å². The molecule has 2 amide bonds. The molecule has 1 heterocycles. The first kappa shape index (κ1) is 21.2. The van der Waals surface area contributed by atoms with E-state index in [0.29, 0.717) is 28.3 Å². The summed E-state index contributed by atoms with van der Waals surface area (Å²) in [6.45, 7) is -0.785. The highest BCUT2D eigenvalue weighted by Gasteiger charge is 2.48. The van der Waals surface area contributed by atoms with Crippen molar-refractivity contribution in [3.8, 4) is 0 Å². The number of nitrogens with one attached hydrogen (secondary N) is 1. The van der Waals surface area contributed by atoms with Gasteiger partial charge in [-0.15, -0.1) is 0 Å². The fourth-order valence-electron chi connectivity index (χ4n) is 4.30. The highest BCUT2D eigenvalue weighted by molar-refractivity contribution is 6.30. The molecular weight excluding hydrogens is 425 g/mol. The highest BCUT2D eigenvalue weighted by Crippen LogP contribution is 2.47. The number of fused-ring (bicyclic) bond motifs is 1. The molecule has 1 aliphatic heterocycles. The maximum absolute atomic E-state index is 14.4. The second kappa shape index (κ2) is 8.63. The van der Waals surface area contributed by atoms with Crippen LogP contribution in [0.25, 0.3) is 0 Å². The third kappa shape index (κ3) is 4.12. The Balaban J connectivity index is 1.92. The Morgan fingerprint density at radius 3 is 2.48 bits per heavy atom. The van der Waals surface area contributed by atoms with E-state index in [9.17, 15) is 18.0 Å². The van der Waals surface area contributed by atoms with Gasteiger partial charge in [0.15, 0.2) is 0 Å². The van der Waals surface area contributed by atoms with Gasteiger partial charge in [0.2, 0.25) is 0 Å². The third-order valence-corrected chi connectivity index (χ3v) is 5.85. The SMILES string of the molecule is O=C1Nc2ccc(F)cc2C(CCc2cccc(Cl)c2)(c2ccccc2)N1CC(F)F. The molecule has 0 saturated heterocycles. The number of hydrogen-bond acceptors (Lipinski definition) is 1. The average Bonchev–Trinajstić information content (AvgIpc) is 2.75. The maximum Gasteiger partial charge on any atom is 0.323 e. The molecule has 1 N–H and O–H groups in total. The van der Waals surface area contributed by atoms with Crippen LogP contribution < -0.4 is 5.32 Å². The van der Waals surface area contributed by atoms with E-state index in [1.54, 1.807) is 42.5 Å². The van der Waals surface area contributed by atoms with Crippen LogP contribution in [-0.4, -0.2) is 23.9 Å². The first-order valence-corrected chi connectivity index (χ1v) is 10.2. The molecule has 0 aliphatic carbocycles. The van der Waals surface area contributed by atoms with Gasteiger partial charge >= 0.3 is 6.03 Å². The molecule has 0 fully saturated rings. The van der Waals surface area contributed by atoms with Crippen LogP contribution in [0.5, 0.6) is 0 Å². The first-order chi connectivity index (χ1) is 14.9. The lowest BCUT2D eigenvalue weighted by atomic mass is 9.75. The van der Waals surface area contributed by atoms with E-state index in [1.807, 2.05) is 12.1 Å². The maximum atomic E-state index is 14.4. The summed E-state index contributed by atoms with van der Waals surface area (Å²) in [5.74, 6) is -0.505. The van der Waals surface area contributed by atoms with Gasteiger partial charge in [-0.3, -0.25) is 0 Å². The van der Waals surface area contributed by atoms with Gasteiger partial charge in [0.05, 0.1) is 12.1 Å².